The Kier molecular flexibility index (Phi) is 3.82. The maximum Gasteiger partial charge on any atom is 0.491 e. The fraction of sp³-hybridized carbons (Fsp3) is 0.333. The van der Waals surface area contributed by atoms with Crippen LogP contribution in [0, 0.1) is 0 Å². The van der Waals surface area contributed by atoms with Gasteiger partial charge in [-0.2, -0.15) is 0 Å². The first-order valence-corrected chi connectivity index (χ1v) is 4.33. The zero-order chi connectivity index (χ0) is 5.70. The van der Waals surface area contributed by atoms with Crippen molar-refractivity contribution in [2.75, 3.05) is 0 Å². The van der Waals surface area contributed by atoms with Gasteiger partial charge in [0.05, 0.1) is 0 Å². The van der Waals surface area contributed by atoms with Crippen molar-refractivity contribution in [3.05, 3.63) is 12.7 Å². The molecule has 0 rings (SSSR count). The predicted molar refractivity (Wildman–Crippen MR) is 32.5 cm³/mol. The Balaban J connectivity index is 3.17. The Bertz CT molecular complexity index is 81.0. The van der Waals surface area contributed by atoms with Crippen molar-refractivity contribution in [1.29, 1.82) is 0 Å². The number of hydrogen-bond donors (Lipinski definition) is 0. The third-order valence-corrected chi connectivity index (χ3v) is 2.98. The minimum atomic E-state index is -1.69. The smallest absolute Gasteiger partial charge is 0.491 e. The second-order valence-electron chi connectivity index (χ2n) is 1.07. The largest absolute Gasteiger partial charge is 0.586 e. The van der Waals surface area contributed by atoms with Crippen molar-refractivity contribution in [3.63, 3.8) is 0 Å². The summed E-state index contributed by atoms with van der Waals surface area (Å²) in [7, 11) is -1.11. The summed E-state index contributed by atoms with van der Waals surface area (Å²) in [6.45, 7) is 3.41. The maximum atomic E-state index is 10.3. The van der Waals surface area contributed by atoms with Gasteiger partial charge in [-0.25, -0.2) is 0 Å². The van der Waals surface area contributed by atoms with Crippen LogP contribution in [-0.2, 0) is 8.58 Å². The summed E-state index contributed by atoms with van der Waals surface area (Å²) in [6.07, 6.45) is 1.61. The highest BCUT2D eigenvalue weighted by molar-refractivity contribution is 6.41. The van der Waals surface area contributed by atoms with Crippen LogP contribution in [-0.4, -0.2) is 19.4 Å². The lowest BCUT2D eigenvalue weighted by Crippen LogP contribution is -2.00. The molecule has 0 aromatic heterocycles. The molecule has 0 spiro atoms. The van der Waals surface area contributed by atoms with Gasteiger partial charge >= 0.3 is 8.93 Å². The minimum Gasteiger partial charge on any atom is -0.586 e. The molecule has 0 aromatic rings. The monoisotopic (exact) mass is 132 g/mol. The molecular weight excluding hydrogens is 124 g/mol. The topological polar surface area (TPSA) is 26.3 Å². The van der Waals surface area contributed by atoms with Crippen LogP contribution in [0.15, 0.2) is 12.7 Å². The van der Waals surface area contributed by atoms with Crippen LogP contribution in [0.3, 0.4) is 0 Å². The molecule has 40 valence electrons. The van der Waals surface area contributed by atoms with Gasteiger partial charge < -0.3 is 8.58 Å². The van der Waals surface area contributed by atoms with E-state index in [0.717, 1.165) is 0 Å². The summed E-state index contributed by atoms with van der Waals surface area (Å²) in [5, 5.41) is 0. The molecule has 0 aliphatic rings. The highest BCUT2D eigenvalue weighted by atomic mass is 28.3. The van der Waals surface area contributed by atoms with Crippen LogP contribution in [0.1, 0.15) is 0 Å². The zero-order valence-electron chi connectivity index (χ0n) is 4.31. The van der Waals surface area contributed by atoms with Crippen molar-refractivity contribution >= 4 is 19.4 Å². The number of hydrogen-bond acceptors (Lipinski definition) is 2. The highest BCUT2D eigenvalue weighted by Gasteiger charge is 1.96. The molecule has 0 radical (unpaired) electrons. The molecule has 0 aliphatic heterocycles. The second kappa shape index (κ2) is 3.95. The highest BCUT2D eigenvalue weighted by Crippen LogP contribution is 1.80. The first kappa shape index (κ1) is 6.77. The Morgan fingerprint density at radius 2 is 2.57 bits per heavy atom. The lowest BCUT2D eigenvalue weighted by atomic mass is 10.8. The quantitative estimate of drug-likeness (QED) is 0.378. The molecule has 0 heterocycles. The van der Waals surface area contributed by atoms with Gasteiger partial charge in [-0.15, -0.1) is 6.58 Å². The number of allylic oxidation sites excluding steroid dienone is 1. The summed E-state index contributed by atoms with van der Waals surface area (Å²) >= 11 is 0. The average Bonchev–Trinajstić information content (AvgIpc) is 1.68. The van der Waals surface area contributed by atoms with Crippen molar-refractivity contribution in [1.82, 2.24) is 0 Å². The van der Waals surface area contributed by atoms with Gasteiger partial charge in [0.15, 0.2) is 10.5 Å². The maximum absolute atomic E-state index is 10.3. The minimum absolute atomic E-state index is 0.522. The van der Waals surface area contributed by atoms with Crippen LogP contribution in [0.2, 0.25) is 6.04 Å². The summed E-state index contributed by atoms with van der Waals surface area (Å²) in [5.74, 6) is 0. The molecule has 0 unspecified atom stereocenters. The van der Waals surface area contributed by atoms with E-state index in [1.165, 1.54) is 0 Å². The first-order valence-electron chi connectivity index (χ1n) is 1.99. The Hall–Kier alpha value is -0.226. The summed E-state index contributed by atoms with van der Waals surface area (Å²) in [6, 6.07) is 0.522. The molecule has 0 saturated heterocycles. The summed E-state index contributed by atoms with van der Waals surface area (Å²) < 4.78 is 14.9. The molecule has 0 atom stereocenters. The van der Waals surface area contributed by atoms with Gasteiger partial charge in [0, 0.05) is 6.04 Å². The molecule has 0 bridgehead atoms. The predicted octanol–water partition coefficient (Wildman–Crippen LogP) is -0.612. The van der Waals surface area contributed by atoms with E-state index in [-0.39, 0.29) is 0 Å². The lowest BCUT2D eigenvalue weighted by molar-refractivity contribution is 0.476. The fourth-order valence-corrected chi connectivity index (χ4v) is 1.10. The van der Waals surface area contributed by atoms with E-state index in [2.05, 4.69) is 10.7 Å². The normalized spacial score (nSPS) is 8.00. The van der Waals surface area contributed by atoms with Gasteiger partial charge in [0.2, 0.25) is 0 Å². The Morgan fingerprint density at radius 1 is 2.00 bits per heavy atom. The first-order chi connectivity index (χ1) is 3.31. The molecule has 0 aromatic carbocycles. The van der Waals surface area contributed by atoms with Gasteiger partial charge in [0.25, 0.3) is 0 Å². The molecule has 0 fully saturated rings. The van der Waals surface area contributed by atoms with E-state index in [1.807, 2.05) is 0 Å². The van der Waals surface area contributed by atoms with E-state index in [0.29, 0.717) is 16.5 Å². The Morgan fingerprint density at radius 3 is 2.71 bits per heavy atom. The standard InChI is InChI=1S/C3H8O2Si2/c1-2-3-7(4)5-6/h2H,1,3H2,6H3. The van der Waals surface area contributed by atoms with Crippen LogP contribution >= 0.6 is 0 Å². The van der Waals surface area contributed by atoms with Crippen LogP contribution in [0.4, 0.5) is 0 Å². The van der Waals surface area contributed by atoms with E-state index in [4.69, 9.17) is 0 Å². The van der Waals surface area contributed by atoms with Crippen LogP contribution in [0.25, 0.3) is 0 Å². The lowest BCUT2D eigenvalue weighted by Gasteiger charge is -1.87. The molecule has 0 saturated carbocycles. The van der Waals surface area contributed by atoms with Crippen molar-refractivity contribution < 1.29 is 8.58 Å². The fourth-order valence-electron chi connectivity index (χ4n) is 0.201. The number of rotatable bonds is 3. The molecule has 4 heteroatoms. The molecular formula is C3H8O2Si2. The van der Waals surface area contributed by atoms with E-state index >= 15 is 0 Å². The van der Waals surface area contributed by atoms with E-state index in [9.17, 15) is 4.46 Å². The SMILES string of the molecule is C=CC[Si](=O)O[SiH3]. The van der Waals surface area contributed by atoms with Crippen LogP contribution < -0.4 is 0 Å². The average molecular weight is 132 g/mol. The van der Waals surface area contributed by atoms with Gasteiger partial charge in [-0.05, 0) is 0 Å². The van der Waals surface area contributed by atoms with E-state index < -0.39 is 8.93 Å². The third-order valence-electron chi connectivity index (χ3n) is 0.539. The second-order valence-corrected chi connectivity index (χ2v) is 3.85. The summed E-state index contributed by atoms with van der Waals surface area (Å²) in [5.41, 5.74) is 0. The summed E-state index contributed by atoms with van der Waals surface area (Å²) in [4.78, 5) is 0. The molecule has 0 aliphatic carbocycles. The van der Waals surface area contributed by atoms with E-state index in [1.54, 1.807) is 6.08 Å². The molecule has 7 heavy (non-hydrogen) atoms. The molecule has 0 N–H and O–H groups in total. The molecule has 2 nitrogen and oxygen atoms in total. The van der Waals surface area contributed by atoms with Crippen LogP contribution in [0.5, 0.6) is 0 Å². The van der Waals surface area contributed by atoms with Gasteiger partial charge in [-0.1, -0.05) is 6.08 Å². The van der Waals surface area contributed by atoms with Crippen molar-refractivity contribution in [2.45, 2.75) is 6.04 Å². The van der Waals surface area contributed by atoms with Gasteiger partial charge in [-0.3, -0.25) is 0 Å². The third kappa shape index (κ3) is 3.61. The Labute approximate surface area is 47.5 Å². The van der Waals surface area contributed by atoms with Crippen molar-refractivity contribution in [2.24, 2.45) is 0 Å². The van der Waals surface area contributed by atoms with Gasteiger partial charge in [0.1, 0.15) is 0 Å². The molecule has 0 amide bonds. The van der Waals surface area contributed by atoms with Crippen molar-refractivity contribution in [3.8, 4) is 0 Å². The zero-order valence-corrected chi connectivity index (χ0v) is 7.31.